The zero-order chi connectivity index (χ0) is 13.9. The van der Waals surface area contributed by atoms with E-state index in [1.807, 2.05) is 30.3 Å². The Balaban J connectivity index is 1.90. The highest BCUT2D eigenvalue weighted by Gasteiger charge is 2.30. The number of nitrogens with zero attached hydrogens (tertiary/aromatic N) is 3. The standard InChI is InChI=1S/C15H11N3O2/c19-14-10-13(11-4-2-1-3-5-11)17-18(14)15(20)12-6-8-16-9-7-12/h1-9H,10H2. The Labute approximate surface area is 115 Å². The third-order valence-electron chi connectivity index (χ3n) is 3.00. The molecule has 1 aliphatic heterocycles. The van der Waals surface area contributed by atoms with Gasteiger partial charge < -0.3 is 0 Å². The van der Waals surface area contributed by atoms with E-state index in [1.165, 1.54) is 12.4 Å². The minimum atomic E-state index is -0.427. The molecule has 2 amide bonds. The normalized spacial score (nSPS) is 14.3. The molecule has 5 nitrogen and oxygen atoms in total. The molecule has 0 N–H and O–H groups in total. The molecule has 0 fully saturated rings. The highest BCUT2D eigenvalue weighted by molar-refractivity contribution is 6.19. The zero-order valence-corrected chi connectivity index (χ0v) is 10.6. The maximum absolute atomic E-state index is 12.2. The molecule has 20 heavy (non-hydrogen) atoms. The number of rotatable bonds is 2. The Kier molecular flexibility index (Phi) is 3.09. The van der Waals surface area contributed by atoms with Gasteiger partial charge in [0.1, 0.15) is 0 Å². The maximum atomic E-state index is 12.2. The molecule has 0 bridgehead atoms. The van der Waals surface area contributed by atoms with Crippen molar-refractivity contribution < 1.29 is 9.59 Å². The second-order valence-corrected chi connectivity index (χ2v) is 4.34. The first-order valence-corrected chi connectivity index (χ1v) is 6.16. The zero-order valence-electron chi connectivity index (χ0n) is 10.6. The lowest BCUT2D eigenvalue weighted by Crippen LogP contribution is -2.28. The van der Waals surface area contributed by atoms with Gasteiger partial charge >= 0.3 is 0 Å². The molecule has 98 valence electrons. The van der Waals surface area contributed by atoms with Crippen molar-refractivity contribution in [2.75, 3.05) is 0 Å². The van der Waals surface area contributed by atoms with Crippen molar-refractivity contribution in [2.45, 2.75) is 6.42 Å². The highest BCUT2D eigenvalue weighted by Crippen LogP contribution is 2.17. The van der Waals surface area contributed by atoms with Crippen LogP contribution >= 0.6 is 0 Å². The number of carbonyl (C=O) groups is 2. The second-order valence-electron chi connectivity index (χ2n) is 4.34. The van der Waals surface area contributed by atoms with Crippen LogP contribution in [-0.2, 0) is 4.79 Å². The van der Waals surface area contributed by atoms with Gasteiger partial charge in [0.25, 0.3) is 11.8 Å². The molecule has 3 rings (SSSR count). The van der Waals surface area contributed by atoms with Gasteiger partial charge in [-0.05, 0) is 17.7 Å². The third kappa shape index (κ3) is 2.21. The minimum absolute atomic E-state index is 0.140. The first kappa shape index (κ1) is 12.2. The van der Waals surface area contributed by atoms with Crippen LogP contribution in [0, 0.1) is 0 Å². The molecule has 0 spiro atoms. The molecule has 0 atom stereocenters. The van der Waals surface area contributed by atoms with E-state index in [1.54, 1.807) is 12.1 Å². The summed E-state index contributed by atoms with van der Waals surface area (Å²) in [7, 11) is 0. The van der Waals surface area contributed by atoms with Gasteiger partial charge in [0.05, 0.1) is 12.1 Å². The lowest BCUT2D eigenvalue weighted by atomic mass is 10.1. The molecule has 0 unspecified atom stereocenters. The fourth-order valence-electron chi connectivity index (χ4n) is 2.00. The van der Waals surface area contributed by atoms with Crippen molar-refractivity contribution in [1.29, 1.82) is 0 Å². The van der Waals surface area contributed by atoms with E-state index >= 15 is 0 Å². The lowest BCUT2D eigenvalue weighted by molar-refractivity contribution is -0.126. The van der Waals surface area contributed by atoms with E-state index in [4.69, 9.17) is 0 Å². The van der Waals surface area contributed by atoms with E-state index in [0.29, 0.717) is 11.3 Å². The second kappa shape index (κ2) is 5.05. The summed E-state index contributed by atoms with van der Waals surface area (Å²) in [6.07, 6.45) is 3.16. The van der Waals surface area contributed by atoms with Crippen LogP contribution in [0.4, 0.5) is 0 Å². The van der Waals surface area contributed by atoms with Crippen LogP contribution in [0.2, 0.25) is 0 Å². The summed E-state index contributed by atoms with van der Waals surface area (Å²) >= 11 is 0. The highest BCUT2D eigenvalue weighted by atomic mass is 16.2. The van der Waals surface area contributed by atoms with E-state index in [9.17, 15) is 9.59 Å². The van der Waals surface area contributed by atoms with Crippen molar-refractivity contribution in [2.24, 2.45) is 5.10 Å². The van der Waals surface area contributed by atoms with Crippen molar-refractivity contribution in [3.63, 3.8) is 0 Å². The summed E-state index contributed by atoms with van der Waals surface area (Å²) in [5.74, 6) is -0.742. The number of imide groups is 1. The van der Waals surface area contributed by atoms with Gasteiger partial charge in [0, 0.05) is 18.0 Å². The number of hydrogen-bond donors (Lipinski definition) is 0. The summed E-state index contributed by atoms with van der Waals surface area (Å²) < 4.78 is 0. The van der Waals surface area contributed by atoms with Gasteiger partial charge in [-0.3, -0.25) is 14.6 Å². The Morgan fingerprint density at radius 1 is 1.05 bits per heavy atom. The number of pyridine rings is 1. The topological polar surface area (TPSA) is 62.6 Å². The van der Waals surface area contributed by atoms with E-state index in [2.05, 4.69) is 10.1 Å². The Hall–Kier alpha value is -2.82. The monoisotopic (exact) mass is 265 g/mol. The summed E-state index contributed by atoms with van der Waals surface area (Å²) in [5.41, 5.74) is 1.86. The van der Waals surface area contributed by atoms with Crippen LogP contribution in [-0.4, -0.2) is 27.5 Å². The van der Waals surface area contributed by atoms with Gasteiger partial charge in [-0.25, -0.2) is 0 Å². The van der Waals surface area contributed by atoms with E-state index in [0.717, 1.165) is 10.6 Å². The summed E-state index contributed by atoms with van der Waals surface area (Å²) in [6.45, 7) is 0. The number of amides is 2. The average molecular weight is 265 g/mol. The van der Waals surface area contributed by atoms with Gasteiger partial charge in [-0.1, -0.05) is 30.3 Å². The molecule has 0 aliphatic carbocycles. The molecular formula is C15H11N3O2. The number of benzene rings is 1. The predicted molar refractivity (Wildman–Crippen MR) is 73.0 cm³/mol. The minimum Gasteiger partial charge on any atom is -0.272 e. The Morgan fingerprint density at radius 3 is 2.45 bits per heavy atom. The molecule has 2 aromatic rings. The molecule has 0 radical (unpaired) electrons. The van der Waals surface area contributed by atoms with E-state index in [-0.39, 0.29) is 12.3 Å². The largest absolute Gasteiger partial charge is 0.281 e. The first-order chi connectivity index (χ1) is 9.75. The predicted octanol–water partition coefficient (Wildman–Crippen LogP) is 1.86. The van der Waals surface area contributed by atoms with Crippen LogP contribution in [0.15, 0.2) is 60.0 Å². The van der Waals surface area contributed by atoms with Crippen molar-refractivity contribution in [1.82, 2.24) is 9.99 Å². The van der Waals surface area contributed by atoms with Crippen LogP contribution in [0.25, 0.3) is 0 Å². The Bertz CT molecular complexity index is 681. The Morgan fingerprint density at radius 2 is 1.75 bits per heavy atom. The molecule has 1 aromatic heterocycles. The summed E-state index contributed by atoms with van der Waals surface area (Å²) in [6, 6.07) is 12.5. The average Bonchev–Trinajstić information content (AvgIpc) is 2.90. The number of hydrogen-bond acceptors (Lipinski definition) is 4. The molecule has 0 saturated carbocycles. The quantitative estimate of drug-likeness (QED) is 0.778. The van der Waals surface area contributed by atoms with E-state index < -0.39 is 5.91 Å². The van der Waals surface area contributed by atoms with Crippen molar-refractivity contribution >= 4 is 17.5 Å². The lowest BCUT2D eigenvalue weighted by Gasteiger charge is -2.08. The number of aromatic nitrogens is 1. The van der Waals surface area contributed by atoms with Gasteiger partial charge in [-0.2, -0.15) is 10.1 Å². The first-order valence-electron chi connectivity index (χ1n) is 6.16. The molecule has 5 heteroatoms. The molecule has 1 aromatic carbocycles. The number of carbonyl (C=O) groups excluding carboxylic acids is 2. The van der Waals surface area contributed by atoms with Gasteiger partial charge in [-0.15, -0.1) is 0 Å². The number of hydrazone groups is 1. The summed E-state index contributed by atoms with van der Waals surface area (Å²) in [4.78, 5) is 28.0. The van der Waals surface area contributed by atoms with Crippen LogP contribution in [0.5, 0.6) is 0 Å². The molecule has 0 saturated heterocycles. The fraction of sp³-hybridized carbons (Fsp3) is 0.0667. The van der Waals surface area contributed by atoms with Gasteiger partial charge in [0.2, 0.25) is 0 Å². The smallest absolute Gasteiger partial charge is 0.272 e. The molecule has 2 heterocycles. The molecule has 1 aliphatic rings. The third-order valence-corrected chi connectivity index (χ3v) is 3.00. The van der Waals surface area contributed by atoms with Crippen LogP contribution < -0.4 is 0 Å². The van der Waals surface area contributed by atoms with Crippen LogP contribution in [0.3, 0.4) is 0 Å². The SMILES string of the molecule is O=C1CC(c2ccccc2)=NN1C(=O)c1ccncc1. The molecular weight excluding hydrogens is 254 g/mol. The summed E-state index contributed by atoms with van der Waals surface area (Å²) in [5, 5.41) is 5.07. The van der Waals surface area contributed by atoms with Gasteiger partial charge in [0.15, 0.2) is 0 Å². The van der Waals surface area contributed by atoms with Crippen molar-refractivity contribution in [3.05, 3.63) is 66.0 Å². The maximum Gasteiger partial charge on any atom is 0.281 e. The fourth-order valence-corrected chi connectivity index (χ4v) is 2.00. The van der Waals surface area contributed by atoms with Crippen LogP contribution in [0.1, 0.15) is 22.3 Å². The van der Waals surface area contributed by atoms with Crippen molar-refractivity contribution in [3.8, 4) is 0 Å².